The number of rotatable bonds is 20. The molecule has 8 rings (SSSR count). The first-order chi connectivity index (χ1) is 46.9. The van der Waals surface area contributed by atoms with E-state index in [1.807, 2.05) is 67.3 Å². The Morgan fingerprint density at radius 1 is 0.594 bits per heavy atom. The molecule has 0 aromatic heterocycles. The van der Waals surface area contributed by atoms with Gasteiger partial charge in [-0.25, -0.2) is 0 Å². The van der Waals surface area contributed by atoms with Crippen molar-refractivity contribution in [2.75, 3.05) is 34.9 Å². The smallest absolute Gasteiger partial charge is 0.311 e. The number of hydrogen-bond acceptors (Lipinski definition) is 26. The predicted molar refractivity (Wildman–Crippen MR) is 372 cm³/mol. The Morgan fingerprint density at radius 2 is 0.970 bits per heavy atom. The molecular weight excluding hydrogens is 1310 g/mol. The molecule has 8 aliphatic heterocycles. The maximum atomic E-state index is 14.3. The van der Waals surface area contributed by atoms with E-state index >= 15 is 0 Å². The molecule has 0 amide bonds. The normalized spacial score (nSPS) is 49.1. The molecule has 0 saturated carbocycles. The lowest BCUT2D eigenvalue weighted by Gasteiger charge is -2.48. The van der Waals surface area contributed by atoms with Crippen molar-refractivity contribution < 1.29 is 117 Å². The van der Waals surface area contributed by atoms with E-state index in [0.717, 1.165) is 0 Å². The van der Waals surface area contributed by atoms with Gasteiger partial charge in [0.2, 0.25) is 0 Å². The maximum absolute atomic E-state index is 14.3. The highest BCUT2D eigenvalue weighted by molar-refractivity contribution is 5.73. The summed E-state index contributed by atoms with van der Waals surface area (Å²) in [4.78, 5) is 30.6. The van der Waals surface area contributed by atoms with E-state index in [-0.39, 0.29) is 61.8 Å². The number of methoxy groups -OCH3 is 2. The number of nitrogens with one attached hydrogen (secondary N) is 1. The summed E-state index contributed by atoms with van der Waals surface area (Å²) >= 11 is 0. The van der Waals surface area contributed by atoms with Gasteiger partial charge < -0.3 is 112 Å². The van der Waals surface area contributed by atoms with Crippen LogP contribution in [0.2, 0.25) is 0 Å². The van der Waals surface area contributed by atoms with E-state index in [9.17, 15) is 50.4 Å². The molecule has 0 spiro atoms. The molecule has 0 aromatic rings. The van der Waals surface area contributed by atoms with Crippen LogP contribution in [-0.2, 0) is 75.9 Å². The van der Waals surface area contributed by atoms with Gasteiger partial charge in [0.25, 0.3) is 0 Å². The third-order valence-corrected chi connectivity index (χ3v) is 24.8. The first-order valence-corrected chi connectivity index (χ1v) is 37.5. The van der Waals surface area contributed by atoms with Gasteiger partial charge in [-0.15, -0.1) is 6.58 Å². The number of aliphatic hydroxyl groups excluding tert-OH is 6. The Morgan fingerprint density at radius 3 is 1.33 bits per heavy atom. The average Bonchev–Trinajstić information content (AvgIpc) is 1.63. The summed E-state index contributed by atoms with van der Waals surface area (Å²) in [6.45, 7) is 41.0. The molecular formula is C75H134N2O24. The van der Waals surface area contributed by atoms with Gasteiger partial charge in [0.15, 0.2) is 25.2 Å². The number of fused-ring (bicyclic) bond motifs is 4. The van der Waals surface area contributed by atoms with Gasteiger partial charge in [-0.2, -0.15) is 0 Å². The van der Waals surface area contributed by atoms with Crippen LogP contribution in [0.1, 0.15) is 190 Å². The fourth-order valence-corrected chi connectivity index (χ4v) is 18.5. The van der Waals surface area contributed by atoms with Crippen LogP contribution in [0.4, 0.5) is 0 Å². The van der Waals surface area contributed by atoms with Gasteiger partial charge in [-0.05, 0) is 148 Å². The highest BCUT2D eigenvalue weighted by Crippen LogP contribution is 2.51. The molecule has 8 aliphatic rings. The highest BCUT2D eigenvalue weighted by atomic mass is 16.7. The SMILES string of the molecule is C=CCN(C)C1CC(C)O[C@@H](O[C@@H]2[C@@H](C)[C@H](O[C@H]3CC(C)(OC)[C@@H](O)C(C)O3)[C@@H](C)C(=O)O[C@@H]([C@](C)(O)[C@H](O)CC)[C@@H](C)C3O[C@@]2(C)CC3C)C1O.CC[C@@H](O)[C@@](C)(O)[C@@H]1OC(=O)[C@H](C)[C@@H](O[C@H]2CC(C)(OC)[C@@H](O)C(C)O2)[C@H](C)[C@@H](O[C@@H]2OC(C)CC(NC)C2O)[C@]2(C)CC(C)C(O2)[C@@H]1C. The Bertz CT molecular complexity index is 2670. The van der Waals surface area contributed by atoms with Gasteiger partial charge in [0.05, 0.1) is 107 Å². The quantitative estimate of drug-likeness (QED) is 0.0540. The number of esters is 2. The third kappa shape index (κ3) is 18.1. The first-order valence-electron chi connectivity index (χ1n) is 37.5. The third-order valence-electron chi connectivity index (χ3n) is 24.8. The average molecular weight is 1450 g/mol. The second-order valence-electron chi connectivity index (χ2n) is 33.1. The molecule has 588 valence electrons. The molecule has 0 radical (unpaired) electrons. The van der Waals surface area contributed by atoms with Crippen LogP contribution in [0.3, 0.4) is 0 Å². The number of aliphatic hydroxyl groups is 8. The van der Waals surface area contributed by atoms with E-state index < -0.39 is 204 Å². The number of carbonyl (C=O) groups excluding carboxylic acids is 2. The standard InChI is InChI=1S/C39H69NO12.C36H65NO12/c1-14-16-40(12)26-17-21(4)47-36(29(26)42)51-33-23(6)31(49-28-19-37(9,46-13)32(43)25(8)48-28)24(7)35(44)50-34(39(11,45)27(41)15-2)22(5)30-20(3)18-38(33,10)52-30;1-13-24(38)36(10,42)31-19(4)27-17(2)15-35(9,49-27)30(48-33-26(39)23(37-11)14-18(3)44-33)20(5)28(21(6)32(41)47-31)46-25-16-34(8,43-12)29(40)22(7)45-25/h14,20-34,36,41-43,45H,1,15-19H2,2-13H3;17-31,33,37-40,42H,13-16H2,1-12H3/t20?,21?,22-,23-,24+,25?,26?,27+,28-,29?,30?,31-,32-,33+,34+,36-,37?,38-,39+;17?,18?,19-,20-,21+,22?,23?,24+,25-,26?,27?,28-,29-,30+,31+,33-,34?,35-,36+/m00/s1. The molecule has 26 heteroatoms. The molecule has 101 heavy (non-hydrogen) atoms. The molecule has 8 fully saturated rings. The van der Waals surface area contributed by atoms with E-state index in [4.69, 9.17) is 66.3 Å². The van der Waals surface area contributed by atoms with E-state index in [1.165, 1.54) is 28.1 Å². The molecule has 8 heterocycles. The fourth-order valence-electron chi connectivity index (χ4n) is 18.5. The van der Waals surface area contributed by atoms with Crippen molar-refractivity contribution in [3.05, 3.63) is 12.7 Å². The van der Waals surface area contributed by atoms with Crippen molar-refractivity contribution in [1.82, 2.24) is 10.2 Å². The minimum atomic E-state index is -1.79. The monoisotopic (exact) mass is 1450 g/mol. The Hall–Kier alpha value is -2.20. The lowest BCUT2D eigenvalue weighted by Crippen LogP contribution is -2.60. The Labute approximate surface area is 602 Å². The number of hydrogen-bond donors (Lipinski definition) is 9. The topological polar surface area (TPSA) is 340 Å². The summed E-state index contributed by atoms with van der Waals surface area (Å²) in [6, 6.07) is -0.530. The highest BCUT2D eigenvalue weighted by Gasteiger charge is 2.62. The van der Waals surface area contributed by atoms with Crippen LogP contribution in [0.25, 0.3) is 0 Å². The van der Waals surface area contributed by atoms with Gasteiger partial charge in [0, 0.05) is 69.4 Å². The number of carbonyl (C=O) groups is 2. The molecule has 8 saturated heterocycles. The van der Waals surface area contributed by atoms with Gasteiger partial charge in [-0.1, -0.05) is 61.5 Å². The van der Waals surface area contributed by atoms with Crippen molar-refractivity contribution in [3.63, 3.8) is 0 Å². The summed E-state index contributed by atoms with van der Waals surface area (Å²) in [5.41, 5.74) is -7.47. The van der Waals surface area contributed by atoms with Gasteiger partial charge in [0.1, 0.15) is 47.8 Å². The molecule has 0 aromatic carbocycles. The molecule has 9 N–H and O–H groups in total. The van der Waals surface area contributed by atoms with E-state index in [1.54, 1.807) is 68.5 Å². The van der Waals surface area contributed by atoms with Crippen LogP contribution in [0.5, 0.6) is 0 Å². The van der Waals surface area contributed by atoms with Crippen molar-refractivity contribution >= 4 is 11.9 Å². The summed E-state index contributed by atoms with van der Waals surface area (Å²) < 4.78 is 90.1. The zero-order valence-electron chi connectivity index (χ0n) is 65.2. The zero-order chi connectivity index (χ0) is 75.9. The molecule has 26 nitrogen and oxygen atoms in total. The summed E-state index contributed by atoms with van der Waals surface area (Å²) in [5.74, 6) is -5.41. The van der Waals surface area contributed by atoms with Crippen LogP contribution < -0.4 is 5.32 Å². The lowest BCUT2D eigenvalue weighted by molar-refractivity contribution is -0.318. The van der Waals surface area contributed by atoms with Crippen LogP contribution in [0, 0.1) is 47.3 Å². The molecule has 38 atom stereocenters. The van der Waals surface area contributed by atoms with Gasteiger partial charge >= 0.3 is 11.9 Å². The Kier molecular flexibility index (Phi) is 29.1. The second kappa shape index (κ2) is 34.2. The van der Waals surface area contributed by atoms with Crippen LogP contribution in [0.15, 0.2) is 12.7 Å². The number of likely N-dealkylation sites (N-methyl/N-ethyl adjacent to an activating group) is 2. The first kappa shape index (κ1) is 86.0. The van der Waals surface area contributed by atoms with E-state index in [0.29, 0.717) is 32.2 Å². The minimum Gasteiger partial charge on any atom is -0.459 e. The zero-order valence-corrected chi connectivity index (χ0v) is 65.2. The summed E-state index contributed by atoms with van der Waals surface area (Å²) in [7, 11) is 6.78. The Balaban J connectivity index is 0.000000284. The molecule has 4 bridgehead atoms. The maximum Gasteiger partial charge on any atom is 0.311 e. The largest absolute Gasteiger partial charge is 0.459 e. The van der Waals surface area contributed by atoms with Crippen LogP contribution in [-0.4, -0.2) is 273 Å². The van der Waals surface area contributed by atoms with Crippen molar-refractivity contribution in [1.29, 1.82) is 0 Å². The number of nitrogens with zero attached hydrogens (tertiary/aromatic N) is 1. The fraction of sp³-hybridized carbons (Fsp3) is 0.947. The van der Waals surface area contributed by atoms with Crippen molar-refractivity contribution in [3.8, 4) is 0 Å². The number of ether oxygens (including phenoxy) is 14. The summed E-state index contributed by atoms with van der Waals surface area (Å²) in [5, 5.41) is 93.6. The lowest BCUT2D eigenvalue weighted by atomic mass is 9.76. The summed E-state index contributed by atoms with van der Waals surface area (Å²) in [6.07, 6.45) is -13.2. The van der Waals surface area contributed by atoms with Crippen LogP contribution >= 0.6 is 0 Å². The minimum absolute atomic E-state index is 0.0575. The second-order valence-corrected chi connectivity index (χ2v) is 33.1. The number of cyclic esters (lactones) is 2. The van der Waals surface area contributed by atoms with Crippen molar-refractivity contribution in [2.45, 2.75) is 371 Å². The molecule has 0 aliphatic carbocycles. The van der Waals surface area contributed by atoms with Gasteiger partial charge in [-0.3, -0.25) is 14.5 Å². The van der Waals surface area contributed by atoms with Crippen molar-refractivity contribution in [2.24, 2.45) is 47.3 Å². The van der Waals surface area contributed by atoms with E-state index in [2.05, 4.69) is 25.7 Å². The molecule has 14 unspecified atom stereocenters. The predicted octanol–water partition coefficient (Wildman–Crippen LogP) is 5.46.